The maximum atomic E-state index is 11.9. The van der Waals surface area contributed by atoms with Crippen LogP contribution in [-0.2, 0) is 4.79 Å². The molecule has 0 aliphatic carbocycles. The van der Waals surface area contributed by atoms with E-state index in [2.05, 4.69) is 5.32 Å². The monoisotopic (exact) mass is 351 g/mol. The number of aryl methyl sites for hydroxylation is 1. The number of carbonyl (C=O) groups is 2. The van der Waals surface area contributed by atoms with Crippen molar-refractivity contribution < 1.29 is 14.5 Å². The van der Waals surface area contributed by atoms with E-state index in [0.29, 0.717) is 15.4 Å². The molecule has 0 spiro atoms. The summed E-state index contributed by atoms with van der Waals surface area (Å²) in [6.45, 7) is 3.60. The second-order valence-corrected chi connectivity index (χ2v) is 6.93. The van der Waals surface area contributed by atoms with Crippen molar-refractivity contribution in [1.82, 2.24) is 0 Å². The van der Waals surface area contributed by atoms with Crippen molar-refractivity contribution in [3.8, 4) is 0 Å². The number of nitrogens with zero attached hydrogens (tertiary/aromatic N) is 1. The Balaban J connectivity index is 2.13. The first kappa shape index (κ1) is 16.8. The van der Waals surface area contributed by atoms with Crippen LogP contribution >= 0.6 is 22.7 Å². The average Bonchev–Trinajstić information content (AvgIpc) is 3.03. The molecule has 0 aliphatic rings. The summed E-state index contributed by atoms with van der Waals surface area (Å²) in [7, 11) is 0. The number of rotatable bonds is 5. The molecule has 0 aliphatic heterocycles. The second kappa shape index (κ2) is 6.71. The molecule has 0 radical (unpaired) electrons. The number of nitro groups is 1. The zero-order chi connectivity index (χ0) is 17.1. The van der Waals surface area contributed by atoms with Crippen LogP contribution < -0.4 is 11.1 Å². The molecule has 2 aromatic rings. The number of carbonyl (C=O) groups excluding carboxylic acids is 2. The Bertz CT molecular complexity index is 820. The first-order chi connectivity index (χ1) is 10.8. The van der Waals surface area contributed by atoms with Crippen molar-refractivity contribution in [3.63, 3.8) is 0 Å². The number of primary amides is 1. The van der Waals surface area contributed by atoms with E-state index in [1.807, 2.05) is 6.92 Å². The lowest BCUT2D eigenvalue weighted by molar-refractivity contribution is -0.380. The number of hydrogen-bond donors (Lipinski definition) is 2. The topological polar surface area (TPSA) is 115 Å². The van der Waals surface area contributed by atoms with Gasteiger partial charge in [-0.3, -0.25) is 19.7 Å². The minimum Gasteiger partial charge on any atom is -0.365 e. The van der Waals surface area contributed by atoms with Crippen molar-refractivity contribution in [2.45, 2.75) is 13.8 Å². The number of thiophene rings is 2. The lowest BCUT2D eigenvalue weighted by Gasteiger charge is -2.01. The average molecular weight is 351 g/mol. The highest BCUT2D eigenvalue weighted by Gasteiger charge is 2.18. The number of anilines is 1. The number of nitrogens with two attached hydrogens (primary N) is 1. The molecule has 3 N–H and O–H groups in total. The highest BCUT2D eigenvalue weighted by molar-refractivity contribution is 7.17. The Hall–Kier alpha value is -2.52. The van der Waals surface area contributed by atoms with Crippen molar-refractivity contribution >= 4 is 50.6 Å². The fraction of sp³-hybridized carbons (Fsp3) is 0.143. The van der Waals surface area contributed by atoms with Crippen molar-refractivity contribution in [3.05, 3.63) is 49.2 Å². The summed E-state index contributed by atoms with van der Waals surface area (Å²) < 4.78 is 0. The molecule has 7 nitrogen and oxygen atoms in total. The molecule has 2 rings (SSSR count). The van der Waals surface area contributed by atoms with Gasteiger partial charge < -0.3 is 11.1 Å². The summed E-state index contributed by atoms with van der Waals surface area (Å²) in [5, 5.41) is 13.6. The van der Waals surface area contributed by atoms with Gasteiger partial charge in [0.15, 0.2) is 0 Å². The van der Waals surface area contributed by atoms with Crippen LogP contribution in [0.2, 0.25) is 0 Å². The Morgan fingerprint density at radius 1 is 1.30 bits per heavy atom. The van der Waals surface area contributed by atoms with Gasteiger partial charge in [0.2, 0.25) is 5.91 Å². The third-order valence-electron chi connectivity index (χ3n) is 3.06. The molecule has 0 atom stereocenters. The molecule has 9 heteroatoms. The smallest absolute Gasteiger partial charge is 0.324 e. The molecule has 0 bridgehead atoms. The summed E-state index contributed by atoms with van der Waals surface area (Å²) in [5.41, 5.74) is 6.39. The maximum Gasteiger partial charge on any atom is 0.324 e. The predicted octanol–water partition coefficient (Wildman–Crippen LogP) is 3.09. The molecule has 0 saturated carbocycles. The summed E-state index contributed by atoms with van der Waals surface area (Å²) in [6, 6.07) is 2.93. The first-order valence-electron chi connectivity index (χ1n) is 6.42. The molecule has 0 unspecified atom stereocenters. The molecule has 2 heterocycles. The highest BCUT2D eigenvalue weighted by Crippen LogP contribution is 2.32. The van der Waals surface area contributed by atoms with Gasteiger partial charge in [-0.05, 0) is 31.6 Å². The maximum absolute atomic E-state index is 11.9. The van der Waals surface area contributed by atoms with Crippen LogP contribution in [0.25, 0.3) is 6.08 Å². The van der Waals surface area contributed by atoms with Gasteiger partial charge in [0.05, 0.1) is 10.5 Å². The minimum absolute atomic E-state index is 0.00517. The Labute approximate surface area is 139 Å². The van der Waals surface area contributed by atoms with E-state index in [1.54, 1.807) is 13.0 Å². The van der Waals surface area contributed by atoms with Crippen molar-refractivity contribution in [1.29, 1.82) is 0 Å². The van der Waals surface area contributed by atoms with Crippen LogP contribution in [-0.4, -0.2) is 16.7 Å². The Morgan fingerprint density at radius 2 is 2.00 bits per heavy atom. The van der Waals surface area contributed by atoms with Gasteiger partial charge in [-0.2, -0.15) is 0 Å². The molecular formula is C14H13N3O4S2. The van der Waals surface area contributed by atoms with E-state index in [4.69, 9.17) is 5.73 Å². The fourth-order valence-electron chi connectivity index (χ4n) is 1.85. The zero-order valence-electron chi connectivity index (χ0n) is 12.3. The predicted molar refractivity (Wildman–Crippen MR) is 90.9 cm³/mol. The molecule has 0 aromatic carbocycles. The largest absolute Gasteiger partial charge is 0.365 e. The van der Waals surface area contributed by atoms with Gasteiger partial charge in [0.1, 0.15) is 5.00 Å². The molecule has 120 valence electrons. The second-order valence-electron chi connectivity index (χ2n) is 4.61. The van der Waals surface area contributed by atoms with Gasteiger partial charge in [0.25, 0.3) is 5.91 Å². The van der Waals surface area contributed by atoms with Crippen LogP contribution in [0.1, 0.15) is 25.7 Å². The van der Waals surface area contributed by atoms with E-state index in [1.165, 1.54) is 29.6 Å². The van der Waals surface area contributed by atoms with Gasteiger partial charge in [0, 0.05) is 21.9 Å². The van der Waals surface area contributed by atoms with Crippen LogP contribution in [0.5, 0.6) is 0 Å². The summed E-state index contributed by atoms with van der Waals surface area (Å²) >= 11 is 2.24. The number of amides is 2. The third kappa shape index (κ3) is 3.82. The fourth-order valence-corrected chi connectivity index (χ4v) is 3.65. The number of nitrogens with one attached hydrogen (secondary N) is 1. The highest BCUT2D eigenvalue weighted by atomic mass is 32.1. The Kier molecular flexibility index (Phi) is 4.92. The molecule has 2 amide bonds. The van der Waals surface area contributed by atoms with E-state index in [0.717, 1.165) is 21.8 Å². The lowest BCUT2D eigenvalue weighted by atomic mass is 10.1. The molecule has 0 fully saturated rings. The van der Waals surface area contributed by atoms with E-state index >= 15 is 0 Å². The van der Waals surface area contributed by atoms with Crippen LogP contribution in [0.4, 0.5) is 10.0 Å². The van der Waals surface area contributed by atoms with Gasteiger partial charge in [-0.25, -0.2) is 0 Å². The van der Waals surface area contributed by atoms with E-state index in [-0.39, 0.29) is 5.00 Å². The number of hydrogen-bond acceptors (Lipinski definition) is 6. The first-order valence-corrected chi connectivity index (χ1v) is 8.06. The van der Waals surface area contributed by atoms with Gasteiger partial charge in [-0.1, -0.05) is 11.3 Å². The normalized spacial score (nSPS) is 10.9. The third-order valence-corrected chi connectivity index (χ3v) is 5.18. The zero-order valence-corrected chi connectivity index (χ0v) is 13.9. The van der Waals surface area contributed by atoms with Gasteiger partial charge >= 0.3 is 5.00 Å². The van der Waals surface area contributed by atoms with E-state index in [9.17, 15) is 19.7 Å². The molecule has 2 aromatic heterocycles. The standard InChI is InChI=1S/C14H13N3O4S2/c1-7-8(2)22-14(12(7)13(15)19)16-10(18)5-3-9-4-6-11(23-9)17(20)21/h3-6H,1-2H3,(H2,15,19)(H,16,18)/b5-3+. The Morgan fingerprint density at radius 3 is 2.57 bits per heavy atom. The molecule has 0 saturated heterocycles. The van der Waals surface area contributed by atoms with E-state index < -0.39 is 16.7 Å². The van der Waals surface area contributed by atoms with Crippen molar-refractivity contribution in [2.24, 2.45) is 5.73 Å². The molecule has 23 heavy (non-hydrogen) atoms. The molecular weight excluding hydrogens is 338 g/mol. The van der Waals surface area contributed by atoms with Gasteiger partial charge in [-0.15, -0.1) is 11.3 Å². The minimum atomic E-state index is -0.597. The SMILES string of the molecule is Cc1sc(NC(=O)/C=C/c2ccc([N+](=O)[O-])s2)c(C(N)=O)c1C. The quantitative estimate of drug-likeness (QED) is 0.489. The summed E-state index contributed by atoms with van der Waals surface area (Å²) in [5.74, 6) is -1.04. The van der Waals surface area contributed by atoms with Crippen LogP contribution in [0, 0.1) is 24.0 Å². The van der Waals surface area contributed by atoms with Crippen molar-refractivity contribution in [2.75, 3.05) is 5.32 Å². The van der Waals surface area contributed by atoms with Crippen LogP contribution in [0.15, 0.2) is 18.2 Å². The lowest BCUT2D eigenvalue weighted by Crippen LogP contribution is -2.16. The summed E-state index contributed by atoms with van der Waals surface area (Å²) in [4.78, 5) is 35.0. The summed E-state index contributed by atoms with van der Waals surface area (Å²) in [6.07, 6.45) is 2.73. The van der Waals surface area contributed by atoms with Crippen LogP contribution in [0.3, 0.4) is 0 Å².